The van der Waals surface area contributed by atoms with Crippen LogP contribution in [-0.4, -0.2) is 20.4 Å². The molecule has 0 fully saturated rings. The molecule has 2 unspecified atom stereocenters. The predicted octanol–water partition coefficient (Wildman–Crippen LogP) is 1.74. The predicted molar refractivity (Wildman–Crippen MR) is 72.6 cm³/mol. The highest BCUT2D eigenvalue weighted by molar-refractivity contribution is 7.90. The number of carboxylic acid groups (broad SMARTS) is 1. The zero-order valence-corrected chi connectivity index (χ0v) is 11.8. The number of aliphatic carboxylic acids is 1. The van der Waals surface area contributed by atoms with Gasteiger partial charge in [0.05, 0.1) is 11.6 Å². The van der Waals surface area contributed by atoms with Gasteiger partial charge in [-0.2, -0.15) is 5.26 Å². The molecular weight excluding hydrogens is 264 g/mol. The van der Waals surface area contributed by atoms with E-state index in [2.05, 4.69) is 4.72 Å². The fourth-order valence-corrected chi connectivity index (χ4v) is 2.14. The lowest BCUT2D eigenvalue weighted by Gasteiger charge is -2.26. The molecule has 0 saturated heterocycles. The summed E-state index contributed by atoms with van der Waals surface area (Å²) in [5.41, 5.74) is 0.774. The summed E-state index contributed by atoms with van der Waals surface area (Å²) in [6.07, 6.45) is 0. The van der Waals surface area contributed by atoms with Crippen molar-refractivity contribution in [3.05, 3.63) is 35.4 Å². The fraction of sp³-hybridized carbons (Fsp3) is 0.385. The normalized spacial score (nSPS) is 14.5. The van der Waals surface area contributed by atoms with Gasteiger partial charge in [0.15, 0.2) is 6.04 Å². The first-order chi connectivity index (χ1) is 8.75. The van der Waals surface area contributed by atoms with Gasteiger partial charge < -0.3 is 9.66 Å². The van der Waals surface area contributed by atoms with E-state index in [1.165, 1.54) is 6.07 Å². The Morgan fingerprint density at radius 3 is 2.63 bits per heavy atom. The quantitative estimate of drug-likeness (QED) is 0.819. The maximum absolute atomic E-state index is 12.0. The van der Waals surface area contributed by atoms with E-state index >= 15 is 0 Å². The number of carbonyl (C=O) groups is 1. The maximum atomic E-state index is 12.0. The van der Waals surface area contributed by atoms with Gasteiger partial charge in [-0.1, -0.05) is 12.1 Å². The lowest BCUT2D eigenvalue weighted by Crippen LogP contribution is -2.43. The van der Waals surface area contributed by atoms with Crippen molar-refractivity contribution in [2.24, 2.45) is 0 Å². The molecule has 0 bridgehead atoms. The van der Waals surface area contributed by atoms with E-state index in [1.807, 2.05) is 6.07 Å². The molecule has 0 amide bonds. The summed E-state index contributed by atoms with van der Waals surface area (Å²) >= 11 is -1.51. The van der Waals surface area contributed by atoms with Crippen LogP contribution in [0.2, 0.25) is 0 Å². The Hall–Kier alpha value is -1.55. The standard InChI is InChI=1S/C13H16N2O3S/c1-13(2,3)19(18)15-11(12(16)17)10-6-4-5-9(7-10)8-14/h4-7,11,15H,1-3H3,(H,16,17). The number of benzene rings is 1. The molecule has 1 aromatic rings. The van der Waals surface area contributed by atoms with Gasteiger partial charge in [-0.25, -0.2) is 4.79 Å². The average molecular weight is 280 g/mol. The molecule has 5 nitrogen and oxygen atoms in total. The van der Waals surface area contributed by atoms with Crippen LogP contribution in [0.5, 0.6) is 0 Å². The summed E-state index contributed by atoms with van der Waals surface area (Å²) in [6.45, 7) is 5.25. The minimum Gasteiger partial charge on any atom is -0.598 e. The van der Waals surface area contributed by atoms with Crippen molar-refractivity contribution in [2.45, 2.75) is 31.6 Å². The number of rotatable bonds is 4. The molecule has 0 heterocycles. The number of nitrogens with one attached hydrogen (secondary N) is 1. The van der Waals surface area contributed by atoms with Crippen LogP contribution in [0.15, 0.2) is 24.3 Å². The van der Waals surface area contributed by atoms with E-state index in [9.17, 15) is 14.5 Å². The van der Waals surface area contributed by atoms with Crippen molar-refractivity contribution < 1.29 is 14.5 Å². The Labute approximate surface area is 115 Å². The largest absolute Gasteiger partial charge is 0.598 e. The van der Waals surface area contributed by atoms with Crippen LogP contribution < -0.4 is 4.72 Å². The molecule has 2 N–H and O–H groups in total. The van der Waals surface area contributed by atoms with Crippen LogP contribution in [0.3, 0.4) is 0 Å². The first-order valence-electron chi connectivity index (χ1n) is 5.66. The van der Waals surface area contributed by atoms with Crippen molar-refractivity contribution >= 4 is 17.3 Å². The Balaban J connectivity index is 3.02. The minimum absolute atomic E-state index is 0.368. The summed E-state index contributed by atoms with van der Waals surface area (Å²) in [4.78, 5) is 11.3. The summed E-state index contributed by atoms with van der Waals surface area (Å²) in [5.74, 6) is -1.13. The second-order valence-electron chi connectivity index (χ2n) is 5.01. The highest BCUT2D eigenvalue weighted by Gasteiger charge is 2.33. The summed E-state index contributed by atoms with van der Waals surface area (Å²) in [5, 5.41) is 18.0. The zero-order chi connectivity index (χ0) is 14.6. The molecule has 0 aromatic heterocycles. The van der Waals surface area contributed by atoms with Gasteiger partial charge >= 0.3 is 5.97 Å². The third-order valence-electron chi connectivity index (χ3n) is 2.38. The third kappa shape index (κ3) is 4.24. The van der Waals surface area contributed by atoms with E-state index in [0.29, 0.717) is 11.1 Å². The second-order valence-corrected chi connectivity index (χ2v) is 7.01. The molecule has 2 atom stereocenters. The van der Waals surface area contributed by atoms with Gasteiger partial charge in [0.25, 0.3) is 0 Å². The van der Waals surface area contributed by atoms with E-state index in [1.54, 1.807) is 39.0 Å². The number of carboxylic acids is 1. The SMILES string of the molecule is CC(C)(C)[S+]([O-])NC(C(=O)O)c1cccc(C#N)c1. The monoisotopic (exact) mass is 280 g/mol. The van der Waals surface area contributed by atoms with Crippen molar-refractivity contribution in [3.8, 4) is 6.07 Å². The minimum atomic E-state index is -1.51. The van der Waals surface area contributed by atoms with Gasteiger partial charge in [0.1, 0.15) is 4.75 Å². The molecule has 0 spiro atoms. The van der Waals surface area contributed by atoms with Gasteiger partial charge in [0, 0.05) is 11.4 Å². The van der Waals surface area contributed by atoms with E-state index in [4.69, 9.17) is 5.26 Å². The average Bonchev–Trinajstić information content (AvgIpc) is 2.34. The number of nitriles is 1. The molecule has 0 saturated carbocycles. The first-order valence-corrected chi connectivity index (χ1v) is 6.81. The van der Waals surface area contributed by atoms with Crippen molar-refractivity contribution in [1.29, 1.82) is 5.26 Å². The highest BCUT2D eigenvalue weighted by atomic mass is 32.2. The van der Waals surface area contributed by atoms with Gasteiger partial charge in [-0.15, -0.1) is 4.72 Å². The number of hydrogen-bond donors (Lipinski definition) is 2. The first kappa shape index (κ1) is 15.5. The van der Waals surface area contributed by atoms with Crippen LogP contribution in [0.25, 0.3) is 0 Å². The molecule has 19 heavy (non-hydrogen) atoms. The molecule has 1 rings (SSSR count). The van der Waals surface area contributed by atoms with Gasteiger partial charge in [-0.05, 0) is 38.5 Å². The van der Waals surface area contributed by atoms with Crippen LogP contribution in [-0.2, 0) is 16.2 Å². The molecule has 0 aliphatic carbocycles. The summed E-state index contributed by atoms with van der Waals surface area (Å²) in [7, 11) is 0. The lowest BCUT2D eigenvalue weighted by molar-refractivity contribution is -0.139. The van der Waals surface area contributed by atoms with Gasteiger partial charge in [-0.3, -0.25) is 0 Å². The topological polar surface area (TPSA) is 96.2 Å². The smallest absolute Gasteiger partial charge is 0.329 e. The van der Waals surface area contributed by atoms with Crippen LogP contribution in [0.1, 0.15) is 37.9 Å². The molecule has 0 radical (unpaired) electrons. The van der Waals surface area contributed by atoms with E-state index in [0.717, 1.165) is 0 Å². The van der Waals surface area contributed by atoms with Crippen molar-refractivity contribution in [3.63, 3.8) is 0 Å². The number of hydrogen-bond acceptors (Lipinski definition) is 4. The van der Waals surface area contributed by atoms with Crippen molar-refractivity contribution in [2.75, 3.05) is 0 Å². The highest BCUT2D eigenvalue weighted by Crippen LogP contribution is 2.21. The lowest BCUT2D eigenvalue weighted by atomic mass is 10.1. The summed E-state index contributed by atoms with van der Waals surface area (Å²) in [6, 6.07) is 7.10. The zero-order valence-electron chi connectivity index (χ0n) is 11.0. The van der Waals surface area contributed by atoms with E-state index < -0.39 is 28.1 Å². The fourth-order valence-electron chi connectivity index (χ4n) is 1.33. The Morgan fingerprint density at radius 1 is 1.53 bits per heavy atom. The Bertz CT molecular complexity index is 505. The molecule has 6 heteroatoms. The Kier molecular flexibility index (Phi) is 4.95. The molecule has 1 aromatic carbocycles. The van der Waals surface area contributed by atoms with Crippen LogP contribution in [0.4, 0.5) is 0 Å². The molecular formula is C13H16N2O3S. The van der Waals surface area contributed by atoms with Gasteiger partial charge in [0.2, 0.25) is 0 Å². The van der Waals surface area contributed by atoms with E-state index in [-0.39, 0.29) is 0 Å². The van der Waals surface area contributed by atoms with Crippen molar-refractivity contribution in [1.82, 2.24) is 4.72 Å². The number of nitrogens with zero attached hydrogens (tertiary/aromatic N) is 1. The Morgan fingerprint density at radius 2 is 2.16 bits per heavy atom. The van der Waals surface area contributed by atoms with Crippen LogP contribution >= 0.6 is 0 Å². The third-order valence-corrected chi connectivity index (χ3v) is 3.94. The molecule has 0 aliphatic rings. The maximum Gasteiger partial charge on any atom is 0.329 e. The second kappa shape index (κ2) is 6.06. The molecule has 0 aliphatic heterocycles. The molecule has 102 valence electrons. The summed E-state index contributed by atoms with van der Waals surface area (Å²) < 4.78 is 14.0. The van der Waals surface area contributed by atoms with Crippen LogP contribution in [0, 0.1) is 11.3 Å².